The molecule has 3 amide bonds. The third kappa shape index (κ3) is 7.18. The van der Waals surface area contributed by atoms with E-state index in [9.17, 15) is 9.59 Å². The number of hydrogen-bond donors (Lipinski definition) is 2. The molecule has 29 heavy (non-hydrogen) atoms. The smallest absolute Gasteiger partial charge is 0.321 e. The van der Waals surface area contributed by atoms with Gasteiger partial charge in [0.15, 0.2) is 11.0 Å². The monoisotopic (exact) mass is 459 g/mol. The topological polar surface area (TPSA) is 98.1 Å². The molecule has 0 aliphatic carbocycles. The second-order valence-corrected chi connectivity index (χ2v) is 8.31. The molecule has 0 radical (unpaired) electrons. The molecule has 1 aromatic carbocycles. The third-order valence-corrected chi connectivity index (χ3v) is 5.13. The van der Waals surface area contributed by atoms with Gasteiger partial charge < -0.3 is 14.6 Å². The summed E-state index contributed by atoms with van der Waals surface area (Å²) in [6.07, 6.45) is 0. The molecule has 2 rings (SSSR count). The van der Waals surface area contributed by atoms with Crippen LogP contribution in [0.4, 0.5) is 4.79 Å². The van der Waals surface area contributed by atoms with Crippen LogP contribution in [0.1, 0.15) is 13.8 Å². The highest BCUT2D eigenvalue weighted by atomic mass is 35.5. The Morgan fingerprint density at radius 3 is 2.69 bits per heavy atom. The van der Waals surface area contributed by atoms with Crippen molar-refractivity contribution in [2.75, 3.05) is 26.0 Å². The standard InChI is InChI=1S/C18H23Cl2N5O3S/c1-11(2)9-25-16(13-5-4-12(19)8-14(13)20)23-24-18(25)29-10-15(26)22-17(27)21-6-7-28-3/h4-5,8,11H,6-7,9-10H2,1-3H3,(H2,21,22,26,27). The molecule has 0 fully saturated rings. The Balaban J connectivity index is 2.10. The normalized spacial score (nSPS) is 11.0. The van der Waals surface area contributed by atoms with Crippen LogP contribution in [0, 0.1) is 5.92 Å². The number of halogens is 2. The van der Waals surface area contributed by atoms with Crippen LogP contribution in [0.25, 0.3) is 11.4 Å². The Kier molecular flexibility index (Phi) is 9.22. The van der Waals surface area contributed by atoms with Crippen LogP contribution >= 0.6 is 35.0 Å². The van der Waals surface area contributed by atoms with Crippen molar-refractivity contribution in [3.63, 3.8) is 0 Å². The molecule has 0 spiro atoms. The minimum Gasteiger partial charge on any atom is -0.383 e. The lowest BCUT2D eigenvalue weighted by molar-refractivity contribution is -0.117. The summed E-state index contributed by atoms with van der Waals surface area (Å²) in [4.78, 5) is 23.7. The van der Waals surface area contributed by atoms with Gasteiger partial charge in [0, 0.05) is 30.8 Å². The lowest BCUT2D eigenvalue weighted by atomic mass is 10.2. The number of benzene rings is 1. The third-order valence-electron chi connectivity index (χ3n) is 3.61. The van der Waals surface area contributed by atoms with Gasteiger partial charge in [0.25, 0.3) is 0 Å². The number of methoxy groups -OCH3 is 1. The van der Waals surface area contributed by atoms with Gasteiger partial charge in [-0.15, -0.1) is 10.2 Å². The largest absolute Gasteiger partial charge is 0.383 e. The molecule has 1 aromatic heterocycles. The van der Waals surface area contributed by atoms with Crippen LogP contribution < -0.4 is 10.6 Å². The Morgan fingerprint density at radius 1 is 1.28 bits per heavy atom. The van der Waals surface area contributed by atoms with Crippen molar-refractivity contribution >= 4 is 46.9 Å². The zero-order valence-electron chi connectivity index (χ0n) is 16.4. The molecular weight excluding hydrogens is 437 g/mol. The van der Waals surface area contributed by atoms with Gasteiger partial charge in [0.05, 0.1) is 17.4 Å². The van der Waals surface area contributed by atoms with E-state index in [-0.39, 0.29) is 5.75 Å². The van der Waals surface area contributed by atoms with E-state index in [0.29, 0.717) is 52.2 Å². The Morgan fingerprint density at radius 2 is 2.03 bits per heavy atom. The fourth-order valence-electron chi connectivity index (χ4n) is 2.40. The summed E-state index contributed by atoms with van der Waals surface area (Å²) in [5.74, 6) is 0.494. The maximum atomic E-state index is 12.0. The minimum absolute atomic E-state index is 0.0161. The fraction of sp³-hybridized carbons (Fsp3) is 0.444. The Hall–Kier alpha value is -1.81. The first-order valence-corrected chi connectivity index (χ1v) is 10.6. The number of rotatable bonds is 9. The van der Waals surface area contributed by atoms with Crippen molar-refractivity contribution in [2.45, 2.75) is 25.5 Å². The van der Waals surface area contributed by atoms with E-state index in [1.165, 1.54) is 18.9 Å². The number of amides is 3. The van der Waals surface area contributed by atoms with E-state index in [1.807, 2.05) is 4.57 Å². The van der Waals surface area contributed by atoms with Crippen LogP contribution in [0.2, 0.25) is 10.0 Å². The first-order valence-electron chi connectivity index (χ1n) is 8.89. The summed E-state index contributed by atoms with van der Waals surface area (Å²) >= 11 is 13.5. The van der Waals surface area contributed by atoms with Gasteiger partial charge in [0.1, 0.15) is 0 Å². The van der Waals surface area contributed by atoms with E-state index in [0.717, 1.165) is 0 Å². The van der Waals surface area contributed by atoms with E-state index < -0.39 is 11.9 Å². The first-order chi connectivity index (χ1) is 13.8. The predicted octanol–water partition coefficient (Wildman–Crippen LogP) is 3.47. The summed E-state index contributed by atoms with van der Waals surface area (Å²) in [6.45, 7) is 5.46. The Bertz CT molecular complexity index is 860. The molecule has 0 saturated carbocycles. The van der Waals surface area contributed by atoms with Crippen molar-refractivity contribution < 1.29 is 14.3 Å². The van der Waals surface area contributed by atoms with Gasteiger partial charge in [-0.3, -0.25) is 10.1 Å². The molecule has 2 aromatic rings. The van der Waals surface area contributed by atoms with Gasteiger partial charge in [0.2, 0.25) is 5.91 Å². The SMILES string of the molecule is COCCNC(=O)NC(=O)CSc1nnc(-c2ccc(Cl)cc2Cl)n1CC(C)C. The number of carbonyl (C=O) groups is 2. The maximum absolute atomic E-state index is 12.0. The van der Waals surface area contributed by atoms with Crippen molar-refractivity contribution in [1.29, 1.82) is 0 Å². The molecule has 0 aliphatic heterocycles. The van der Waals surface area contributed by atoms with Gasteiger partial charge in [-0.05, 0) is 24.1 Å². The summed E-state index contributed by atoms with van der Waals surface area (Å²) in [6, 6.07) is 4.61. The maximum Gasteiger partial charge on any atom is 0.321 e. The van der Waals surface area contributed by atoms with E-state index in [2.05, 4.69) is 34.7 Å². The van der Waals surface area contributed by atoms with Crippen LogP contribution in [0.15, 0.2) is 23.4 Å². The predicted molar refractivity (Wildman–Crippen MR) is 114 cm³/mol. The van der Waals surface area contributed by atoms with Crippen LogP contribution in [0.5, 0.6) is 0 Å². The van der Waals surface area contributed by atoms with E-state index in [4.69, 9.17) is 27.9 Å². The number of hydrogen-bond acceptors (Lipinski definition) is 6. The highest BCUT2D eigenvalue weighted by Crippen LogP contribution is 2.31. The van der Waals surface area contributed by atoms with Crippen molar-refractivity contribution in [3.05, 3.63) is 28.2 Å². The van der Waals surface area contributed by atoms with Crippen LogP contribution in [0.3, 0.4) is 0 Å². The summed E-state index contributed by atoms with van der Waals surface area (Å²) < 4.78 is 6.75. The lowest BCUT2D eigenvalue weighted by Gasteiger charge is -2.13. The molecule has 0 atom stereocenters. The number of aromatic nitrogens is 3. The number of ether oxygens (including phenoxy) is 1. The van der Waals surface area contributed by atoms with E-state index in [1.54, 1.807) is 18.2 Å². The number of nitrogens with one attached hydrogen (secondary N) is 2. The first kappa shape index (κ1) is 23.5. The highest BCUT2D eigenvalue weighted by molar-refractivity contribution is 7.99. The number of urea groups is 1. The summed E-state index contributed by atoms with van der Waals surface area (Å²) in [7, 11) is 1.53. The van der Waals surface area contributed by atoms with Crippen LogP contribution in [-0.4, -0.2) is 52.7 Å². The zero-order valence-corrected chi connectivity index (χ0v) is 18.7. The summed E-state index contributed by atoms with van der Waals surface area (Å²) in [5.41, 5.74) is 0.707. The molecule has 0 unspecified atom stereocenters. The highest BCUT2D eigenvalue weighted by Gasteiger charge is 2.19. The van der Waals surface area contributed by atoms with Crippen molar-refractivity contribution in [3.8, 4) is 11.4 Å². The summed E-state index contributed by atoms with van der Waals surface area (Å²) in [5, 5.41) is 14.8. The van der Waals surface area contributed by atoms with Crippen molar-refractivity contribution in [1.82, 2.24) is 25.4 Å². The minimum atomic E-state index is -0.565. The fourth-order valence-corrected chi connectivity index (χ4v) is 3.64. The average molecular weight is 460 g/mol. The molecule has 11 heteroatoms. The second-order valence-electron chi connectivity index (χ2n) is 6.52. The molecule has 0 bridgehead atoms. The molecule has 8 nitrogen and oxygen atoms in total. The van der Waals surface area contributed by atoms with Gasteiger partial charge in [-0.1, -0.05) is 48.8 Å². The molecule has 1 heterocycles. The van der Waals surface area contributed by atoms with Gasteiger partial charge in [-0.25, -0.2) is 4.79 Å². The van der Waals surface area contributed by atoms with Crippen LogP contribution in [-0.2, 0) is 16.1 Å². The average Bonchev–Trinajstić information content (AvgIpc) is 3.02. The van der Waals surface area contributed by atoms with Crippen molar-refractivity contribution in [2.24, 2.45) is 5.92 Å². The Labute approximate surface area is 183 Å². The molecule has 2 N–H and O–H groups in total. The number of thioether (sulfide) groups is 1. The second kappa shape index (κ2) is 11.4. The number of carbonyl (C=O) groups excluding carboxylic acids is 2. The van der Waals surface area contributed by atoms with E-state index >= 15 is 0 Å². The van der Waals surface area contributed by atoms with Gasteiger partial charge >= 0.3 is 6.03 Å². The molecule has 0 saturated heterocycles. The quantitative estimate of drug-likeness (QED) is 0.439. The molecule has 158 valence electrons. The number of imide groups is 1. The molecular formula is C18H23Cl2N5O3S. The zero-order chi connectivity index (χ0) is 21.4. The number of nitrogens with zero attached hydrogens (tertiary/aromatic N) is 3. The van der Waals surface area contributed by atoms with Gasteiger partial charge in [-0.2, -0.15) is 0 Å². The molecule has 0 aliphatic rings. The lowest BCUT2D eigenvalue weighted by Crippen LogP contribution is -2.41.